The van der Waals surface area contributed by atoms with E-state index in [1.165, 1.54) is 5.19 Å². The number of nitrogens with one attached hydrogen (secondary N) is 1. The molecule has 2 aliphatic heterocycles. The van der Waals surface area contributed by atoms with Crippen LogP contribution in [-0.2, 0) is 34.6 Å². The van der Waals surface area contributed by atoms with Crippen LogP contribution in [0, 0.1) is 5.92 Å². The minimum atomic E-state index is -2.30. The average Bonchev–Trinajstić information content (AvgIpc) is 3.81. The van der Waals surface area contributed by atoms with Crippen LogP contribution in [0.1, 0.15) is 40.5 Å². The van der Waals surface area contributed by atoms with Crippen LogP contribution in [0.5, 0.6) is 5.75 Å². The highest BCUT2D eigenvalue weighted by Crippen LogP contribution is 2.60. The van der Waals surface area contributed by atoms with Crippen molar-refractivity contribution in [2.24, 2.45) is 5.92 Å². The second kappa shape index (κ2) is 14.5. The summed E-state index contributed by atoms with van der Waals surface area (Å²) in [6, 6.07) is 33.2. The first-order valence-corrected chi connectivity index (χ1v) is 20.9. The van der Waals surface area contributed by atoms with Gasteiger partial charge in [-0.2, -0.15) is 0 Å². The van der Waals surface area contributed by atoms with Gasteiger partial charge in [0.25, 0.3) is 11.8 Å². The molecule has 268 valence electrons. The number of nitrogens with zero attached hydrogens (tertiary/aromatic N) is 4. The molecule has 0 aliphatic carbocycles. The van der Waals surface area contributed by atoms with Crippen LogP contribution < -0.4 is 20.1 Å². The Hall–Kier alpha value is -5.10. The molecule has 3 heterocycles. The number of anilines is 2. The van der Waals surface area contributed by atoms with E-state index >= 15 is 4.79 Å². The minimum absolute atomic E-state index is 0.0151. The molecule has 1 fully saturated rings. The largest absolute Gasteiger partial charge is 0.497 e. The van der Waals surface area contributed by atoms with Gasteiger partial charge in [0.05, 0.1) is 39.2 Å². The van der Waals surface area contributed by atoms with Crippen LogP contribution in [-0.4, -0.2) is 59.8 Å². The summed E-state index contributed by atoms with van der Waals surface area (Å²) in [7, 11) is -0.629. The number of aliphatic hydroxyl groups excluding tert-OH is 1. The number of ether oxygens (including phenoxy) is 2. The van der Waals surface area contributed by atoms with E-state index in [1.54, 1.807) is 19.2 Å². The molecule has 2 aliphatic rings. The Morgan fingerprint density at radius 3 is 2.40 bits per heavy atom. The smallest absolute Gasteiger partial charge is 0.264 e. The van der Waals surface area contributed by atoms with Gasteiger partial charge in [-0.1, -0.05) is 91.1 Å². The molecule has 10 nitrogen and oxygen atoms in total. The molecular weight excluding hydrogens is 671 g/mol. The zero-order valence-electron chi connectivity index (χ0n) is 30.0. The molecule has 7 rings (SSSR count). The molecule has 4 aromatic carbocycles. The van der Waals surface area contributed by atoms with Gasteiger partial charge in [0.2, 0.25) is 0 Å². The average molecular weight is 716 g/mol. The second-order valence-electron chi connectivity index (χ2n) is 14.3. The fourth-order valence-electron chi connectivity index (χ4n) is 8.30. The summed E-state index contributed by atoms with van der Waals surface area (Å²) >= 11 is 0. The summed E-state index contributed by atoms with van der Waals surface area (Å²) in [6.07, 6.45) is 2.75. The zero-order chi connectivity index (χ0) is 36.5. The van der Waals surface area contributed by atoms with E-state index in [-0.39, 0.29) is 36.0 Å². The molecule has 2 amide bonds. The predicted octanol–water partition coefficient (Wildman–Crippen LogP) is 5.93. The first-order chi connectivity index (χ1) is 25.1. The van der Waals surface area contributed by atoms with Crippen molar-refractivity contribution in [3.05, 3.63) is 132 Å². The first-order valence-electron chi connectivity index (χ1n) is 17.8. The molecule has 0 radical (unpaired) electrons. The van der Waals surface area contributed by atoms with Crippen molar-refractivity contribution in [2.75, 3.05) is 23.9 Å². The summed E-state index contributed by atoms with van der Waals surface area (Å²) in [4.78, 5) is 29.6. The standard InChI is InChI=1S/C41H45N5O5Si/c1-28-38(52(3,4)34-20-18-33(50-2)19-21-34)37(22-24-45-27-32(23-25-47)43-44-45)51-41(28)35-12-8-9-13-36(35)46(40(41)49)26-29-14-16-31(17-15-29)42-39(48)30-10-6-5-7-11-30/h5-21,27-28,37-38,47H,22-26H2,1-4H3,(H,42,48)/t28-,37+,38-,41+/m1/s1. The predicted molar refractivity (Wildman–Crippen MR) is 203 cm³/mol. The van der Waals surface area contributed by atoms with E-state index in [0.717, 1.165) is 28.3 Å². The third-order valence-corrected chi connectivity index (χ3v) is 15.3. The number of hydrogen-bond donors (Lipinski definition) is 2. The molecule has 1 aromatic heterocycles. The molecule has 0 saturated carbocycles. The number of amides is 2. The Bertz CT molecular complexity index is 2030. The highest BCUT2D eigenvalue weighted by atomic mass is 28.3. The van der Waals surface area contributed by atoms with Gasteiger partial charge in [0, 0.05) is 48.5 Å². The molecule has 5 aromatic rings. The summed E-state index contributed by atoms with van der Waals surface area (Å²) in [5.41, 5.74) is 3.64. The van der Waals surface area contributed by atoms with Gasteiger partial charge in [-0.05, 0) is 60.0 Å². The summed E-state index contributed by atoms with van der Waals surface area (Å²) in [6.45, 7) is 7.90. The fourth-order valence-corrected chi connectivity index (χ4v) is 12.4. The monoisotopic (exact) mass is 715 g/mol. The van der Waals surface area contributed by atoms with Crippen molar-refractivity contribution in [2.45, 2.75) is 63.2 Å². The number of carbonyl (C=O) groups excluding carboxylic acids is 2. The van der Waals surface area contributed by atoms with Crippen molar-refractivity contribution in [3.63, 3.8) is 0 Å². The Morgan fingerprint density at radius 2 is 1.69 bits per heavy atom. The Labute approximate surface area is 305 Å². The van der Waals surface area contributed by atoms with E-state index in [4.69, 9.17) is 9.47 Å². The molecule has 1 spiro atoms. The van der Waals surface area contributed by atoms with Gasteiger partial charge in [-0.15, -0.1) is 5.10 Å². The number of para-hydroxylation sites is 1. The fraction of sp³-hybridized carbons (Fsp3) is 0.317. The lowest BCUT2D eigenvalue weighted by Crippen LogP contribution is -2.51. The van der Waals surface area contributed by atoms with Crippen molar-refractivity contribution in [3.8, 4) is 5.75 Å². The molecule has 0 bridgehead atoms. The molecule has 0 unspecified atom stereocenters. The number of hydrogen-bond acceptors (Lipinski definition) is 7. The van der Waals surface area contributed by atoms with E-state index in [9.17, 15) is 9.90 Å². The van der Waals surface area contributed by atoms with Crippen LogP contribution in [0.3, 0.4) is 0 Å². The lowest BCUT2D eigenvalue weighted by atomic mass is 9.82. The van der Waals surface area contributed by atoms with Crippen molar-refractivity contribution < 1.29 is 24.2 Å². The topological polar surface area (TPSA) is 119 Å². The van der Waals surface area contributed by atoms with E-state index in [0.29, 0.717) is 37.2 Å². The highest BCUT2D eigenvalue weighted by molar-refractivity contribution is 6.91. The lowest BCUT2D eigenvalue weighted by Gasteiger charge is -2.37. The Morgan fingerprint density at radius 1 is 0.981 bits per heavy atom. The highest BCUT2D eigenvalue weighted by Gasteiger charge is 2.66. The normalized spacial score (nSPS) is 21.1. The van der Waals surface area contributed by atoms with E-state index < -0.39 is 13.7 Å². The summed E-state index contributed by atoms with van der Waals surface area (Å²) < 4.78 is 14.5. The number of rotatable bonds is 12. The van der Waals surface area contributed by atoms with Gasteiger partial charge < -0.3 is 24.8 Å². The maximum atomic E-state index is 15.0. The number of aryl methyl sites for hydroxylation is 1. The quantitative estimate of drug-likeness (QED) is 0.154. The number of benzene rings is 4. The van der Waals surface area contributed by atoms with Crippen LogP contribution in [0.25, 0.3) is 0 Å². The van der Waals surface area contributed by atoms with Gasteiger partial charge >= 0.3 is 0 Å². The summed E-state index contributed by atoms with van der Waals surface area (Å²) in [5, 5.41) is 22.2. The molecule has 11 heteroatoms. The van der Waals surface area contributed by atoms with Crippen molar-refractivity contribution >= 4 is 36.4 Å². The maximum Gasteiger partial charge on any atom is 0.264 e. The molecular formula is C41H45N5O5Si. The molecule has 4 atom stereocenters. The minimum Gasteiger partial charge on any atom is -0.497 e. The maximum absolute atomic E-state index is 15.0. The molecule has 2 N–H and O–H groups in total. The van der Waals surface area contributed by atoms with Gasteiger partial charge in [-0.3, -0.25) is 14.3 Å². The van der Waals surface area contributed by atoms with Crippen molar-refractivity contribution in [1.82, 2.24) is 15.0 Å². The first kappa shape index (κ1) is 35.3. The van der Waals surface area contributed by atoms with Crippen LogP contribution >= 0.6 is 0 Å². The van der Waals surface area contributed by atoms with Gasteiger partial charge in [-0.25, -0.2) is 0 Å². The number of aliphatic hydroxyl groups is 1. The van der Waals surface area contributed by atoms with Crippen LogP contribution in [0.15, 0.2) is 109 Å². The molecule has 1 saturated heterocycles. The Balaban J connectivity index is 1.19. The number of carbonyl (C=O) groups is 2. The number of fused-ring (bicyclic) bond motifs is 2. The van der Waals surface area contributed by atoms with Crippen molar-refractivity contribution in [1.29, 1.82) is 0 Å². The van der Waals surface area contributed by atoms with E-state index in [1.807, 2.05) is 94.6 Å². The van der Waals surface area contributed by atoms with Crippen LogP contribution in [0.4, 0.5) is 11.4 Å². The van der Waals surface area contributed by atoms with Crippen LogP contribution in [0.2, 0.25) is 18.6 Å². The third-order valence-electron chi connectivity index (χ3n) is 10.9. The zero-order valence-corrected chi connectivity index (χ0v) is 31.0. The lowest BCUT2D eigenvalue weighted by molar-refractivity contribution is -0.146. The summed E-state index contributed by atoms with van der Waals surface area (Å²) in [5.74, 6) is 0.451. The molecule has 52 heavy (non-hydrogen) atoms. The number of methoxy groups -OCH3 is 1. The van der Waals surface area contributed by atoms with Gasteiger partial charge in [0.1, 0.15) is 5.75 Å². The SMILES string of the molecule is COc1ccc([Si](C)(C)[C@H]2[C@H](CCn3cc(CCO)nn3)O[C@@]3(C(=O)N(Cc4ccc(NC(=O)c5ccccc5)cc4)c4ccccc43)[C@@H]2C)cc1. The Kier molecular flexibility index (Phi) is 9.84. The second-order valence-corrected chi connectivity index (χ2v) is 19.0. The van der Waals surface area contributed by atoms with Gasteiger partial charge in [0.15, 0.2) is 5.60 Å². The van der Waals surface area contributed by atoms with E-state index in [2.05, 4.69) is 47.8 Å². The number of aromatic nitrogens is 3. The third kappa shape index (κ3) is 6.44.